The maximum Gasteiger partial charge on any atom is 0.251 e. The molecular weight excluding hydrogens is 406 g/mol. The van der Waals surface area contributed by atoms with Crippen molar-refractivity contribution >= 4 is 11.9 Å². The number of carbonyl (C=O) groups excluding carboxylic acids is 1. The van der Waals surface area contributed by atoms with E-state index in [-0.39, 0.29) is 11.9 Å². The van der Waals surface area contributed by atoms with Crippen LogP contribution in [-0.2, 0) is 11.3 Å². The van der Waals surface area contributed by atoms with Crippen LogP contribution in [0.25, 0.3) is 0 Å². The van der Waals surface area contributed by atoms with E-state index in [2.05, 4.69) is 38.0 Å². The lowest BCUT2D eigenvalue weighted by atomic mass is 10.0. The third-order valence-electron chi connectivity index (χ3n) is 5.58. The summed E-state index contributed by atoms with van der Waals surface area (Å²) in [4.78, 5) is 18.5. The van der Waals surface area contributed by atoms with Crippen molar-refractivity contribution in [3.63, 3.8) is 0 Å². The Morgan fingerprint density at radius 2 is 1.78 bits per heavy atom. The van der Waals surface area contributed by atoms with Crippen molar-refractivity contribution in [3.8, 4) is 5.75 Å². The highest BCUT2D eigenvalue weighted by Gasteiger charge is 2.23. The van der Waals surface area contributed by atoms with Crippen molar-refractivity contribution in [2.45, 2.75) is 12.6 Å². The zero-order valence-electron chi connectivity index (χ0n) is 19.1. The number of ether oxygens (including phenoxy) is 2. The van der Waals surface area contributed by atoms with E-state index >= 15 is 0 Å². The first-order valence-electron chi connectivity index (χ1n) is 10.9. The molecule has 1 fully saturated rings. The quantitative estimate of drug-likeness (QED) is 0.430. The molecule has 0 saturated carbocycles. The fraction of sp³-hybridized carbons (Fsp3) is 0.417. The van der Waals surface area contributed by atoms with Crippen molar-refractivity contribution in [3.05, 3.63) is 65.2 Å². The summed E-state index contributed by atoms with van der Waals surface area (Å²) < 4.78 is 10.9. The van der Waals surface area contributed by atoms with Crippen LogP contribution in [0.1, 0.15) is 27.5 Å². The number of rotatable bonds is 8. The van der Waals surface area contributed by atoms with Crippen LogP contribution < -0.4 is 20.7 Å². The molecule has 1 aliphatic heterocycles. The molecule has 172 valence electrons. The number of hydrogen-bond donors (Lipinski definition) is 3. The third-order valence-corrected chi connectivity index (χ3v) is 5.58. The van der Waals surface area contributed by atoms with Crippen LogP contribution in [0.4, 0.5) is 0 Å². The Kier molecular flexibility index (Phi) is 8.89. The van der Waals surface area contributed by atoms with Gasteiger partial charge in [0.2, 0.25) is 0 Å². The number of benzene rings is 2. The highest BCUT2D eigenvalue weighted by atomic mass is 16.5. The SMILES string of the molecule is CN=C(NCc1ccc(C(=O)NC)cc1)NCC(c1ccc(OC)cc1)N1CCOCC1. The molecule has 1 atom stereocenters. The number of nitrogens with one attached hydrogen (secondary N) is 3. The zero-order chi connectivity index (χ0) is 22.8. The van der Waals surface area contributed by atoms with Gasteiger partial charge in [-0.1, -0.05) is 24.3 Å². The summed E-state index contributed by atoms with van der Waals surface area (Å²) in [6, 6.07) is 16.0. The van der Waals surface area contributed by atoms with Crippen LogP contribution in [-0.4, -0.2) is 70.8 Å². The van der Waals surface area contributed by atoms with E-state index in [1.165, 1.54) is 5.56 Å². The second kappa shape index (κ2) is 12.1. The predicted molar refractivity (Wildman–Crippen MR) is 126 cm³/mol. The number of aliphatic imine (C=N–C) groups is 1. The molecule has 3 rings (SSSR count). The molecule has 0 bridgehead atoms. The summed E-state index contributed by atoms with van der Waals surface area (Å²) in [5, 5.41) is 9.45. The first-order chi connectivity index (χ1) is 15.6. The molecule has 1 amide bonds. The molecule has 2 aromatic rings. The van der Waals surface area contributed by atoms with E-state index < -0.39 is 0 Å². The zero-order valence-corrected chi connectivity index (χ0v) is 19.1. The van der Waals surface area contributed by atoms with Crippen LogP contribution in [0.15, 0.2) is 53.5 Å². The maximum absolute atomic E-state index is 11.7. The Labute approximate surface area is 190 Å². The summed E-state index contributed by atoms with van der Waals surface area (Å²) in [5.41, 5.74) is 2.94. The average molecular weight is 440 g/mol. The molecule has 32 heavy (non-hydrogen) atoms. The Morgan fingerprint density at radius 3 is 2.38 bits per heavy atom. The topological polar surface area (TPSA) is 87.2 Å². The molecule has 8 nitrogen and oxygen atoms in total. The van der Waals surface area contributed by atoms with Gasteiger partial charge in [-0.25, -0.2) is 0 Å². The number of nitrogens with zero attached hydrogens (tertiary/aromatic N) is 2. The van der Waals surface area contributed by atoms with E-state index in [1.54, 1.807) is 21.2 Å². The van der Waals surface area contributed by atoms with Crippen LogP contribution in [0, 0.1) is 0 Å². The van der Waals surface area contributed by atoms with E-state index in [0.717, 1.165) is 43.6 Å². The largest absolute Gasteiger partial charge is 0.497 e. The molecule has 3 N–H and O–H groups in total. The molecule has 1 unspecified atom stereocenters. The van der Waals surface area contributed by atoms with E-state index in [9.17, 15) is 4.79 Å². The van der Waals surface area contributed by atoms with Crippen LogP contribution in [0.2, 0.25) is 0 Å². The summed E-state index contributed by atoms with van der Waals surface area (Å²) in [6.07, 6.45) is 0. The predicted octanol–water partition coefficient (Wildman–Crippen LogP) is 1.79. The molecule has 0 aliphatic carbocycles. The Morgan fingerprint density at radius 1 is 1.09 bits per heavy atom. The van der Waals surface area contributed by atoms with Gasteiger partial charge >= 0.3 is 0 Å². The first kappa shape index (κ1) is 23.6. The second-order valence-corrected chi connectivity index (χ2v) is 7.52. The van der Waals surface area contributed by atoms with Crippen LogP contribution in [0.5, 0.6) is 5.75 Å². The highest BCUT2D eigenvalue weighted by Crippen LogP contribution is 2.23. The van der Waals surface area contributed by atoms with Gasteiger partial charge in [-0.3, -0.25) is 14.7 Å². The standard InChI is InChI=1S/C24H33N5O3/c1-25-23(30)20-6-4-18(5-7-20)16-27-24(26-2)28-17-22(29-12-14-32-15-13-29)19-8-10-21(31-3)11-9-19/h4-11,22H,12-17H2,1-3H3,(H,25,30)(H2,26,27,28). The minimum absolute atomic E-state index is 0.0883. The van der Waals surface area contributed by atoms with Crippen LogP contribution in [0.3, 0.4) is 0 Å². The number of morpholine rings is 1. The lowest BCUT2D eigenvalue weighted by Crippen LogP contribution is -2.46. The molecule has 0 spiro atoms. The van der Waals surface area contributed by atoms with Gasteiger partial charge in [0.15, 0.2) is 5.96 Å². The molecule has 1 heterocycles. The van der Waals surface area contributed by atoms with Crippen molar-refractivity contribution in [1.82, 2.24) is 20.9 Å². The van der Waals surface area contributed by atoms with Crippen molar-refractivity contribution in [2.24, 2.45) is 4.99 Å². The number of methoxy groups -OCH3 is 1. The highest BCUT2D eigenvalue weighted by molar-refractivity contribution is 5.93. The molecule has 0 radical (unpaired) electrons. The molecular formula is C24H33N5O3. The second-order valence-electron chi connectivity index (χ2n) is 7.52. The number of carbonyl (C=O) groups is 1. The van der Waals surface area contributed by atoms with Gasteiger partial charge < -0.3 is 25.4 Å². The van der Waals surface area contributed by atoms with Gasteiger partial charge in [0.05, 0.1) is 26.4 Å². The molecule has 8 heteroatoms. The molecule has 1 saturated heterocycles. The van der Waals surface area contributed by atoms with Gasteiger partial charge in [0.1, 0.15) is 5.75 Å². The minimum atomic E-state index is -0.0883. The molecule has 0 aromatic heterocycles. The smallest absolute Gasteiger partial charge is 0.251 e. The Bertz CT molecular complexity index is 878. The average Bonchev–Trinajstić information content (AvgIpc) is 2.86. The number of hydrogen-bond acceptors (Lipinski definition) is 5. The Balaban J connectivity index is 1.60. The van der Waals surface area contributed by atoms with Crippen LogP contribution >= 0.6 is 0 Å². The van der Waals surface area contributed by atoms with Gasteiger partial charge in [-0.15, -0.1) is 0 Å². The van der Waals surface area contributed by atoms with Crippen molar-refractivity contribution in [2.75, 3.05) is 54.1 Å². The van der Waals surface area contributed by atoms with Gasteiger partial charge in [0, 0.05) is 45.8 Å². The van der Waals surface area contributed by atoms with E-state index in [4.69, 9.17) is 9.47 Å². The fourth-order valence-electron chi connectivity index (χ4n) is 3.69. The van der Waals surface area contributed by atoms with Gasteiger partial charge in [0.25, 0.3) is 5.91 Å². The maximum atomic E-state index is 11.7. The lowest BCUT2D eigenvalue weighted by molar-refractivity contribution is 0.0170. The van der Waals surface area contributed by atoms with Crippen molar-refractivity contribution < 1.29 is 14.3 Å². The van der Waals surface area contributed by atoms with Crippen molar-refractivity contribution in [1.29, 1.82) is 0 Å². The summed E-state index contributed by atoms with van der Waals surface area (Å²) in [7, 11) is 5.07. The minimum Gasteiger partial charge on any atom is -0.497 e. The summed E-state index contributed by atoms with van der Waals surface area (Å²) >= 11 is 0. The lowest BCUT2D eigenvalue weighted by Gasteiger charge is -2.35. The van der Waals surface area contributed by atoms with Gasteiger partial charge in [-0.2, -0.15) is 0 Å². The first-order valence-corrected chi connectivity index (χ1v) is 10.9. The Hall–Kier alpha value is -3.10. The summed E-state index contributed by atoms with van der Waals surface area (Å²) in [5.74, 6) is 1.49. The molecule has 1 aliphatic rings. The van der Waals surface area contributed by atoms with Gasteiger partial charge in [-0.05, 0) is 35.4 Å². The monoisotopic (exact) mass is 439 g/mol. The molecule has 2 aromatic carbocycles. The normalized spacial score (nSPS) is 15.7. The number of guanidine groups is 1. The number of amides is 1. The van der Waals surface area contributed by atoms with E-state index in [0.29, 0.717) is 18.7 Å². The summed E-state index contributed by atoms with van der Waals surface area (Å²) in [6.45, 7) is 4.58. The van der Waals surface area contributed by atoms with E-state index in [1.807, 2.05) is 36.4 Å². The fourth-order valence-corrected chi connectivity index (χ4v) is 3.69. The third kappa shape index (κ3) is 6.45.